The highest BCUT2D eigenvalue weighted by Gasteiger charge is 2.13. The average molecular weight is 204 g/mol. The van der Waals surface area contributed by atoms with Gasteiger partial charge in [-0.1, -0.05) is 26.0 Å². The second-order valence-corrected chi connectivity index (χ2v) is 3.97. The summed E-state index contributed by atoms with van der Waals surface area (Å²) in [6.07, 6.45) is 0. The quantitative estimate of drug-likeness (QED) is 0.723. The van der Waals surface area contributed by atoms with Crippen molar-refractivity contribution in [2.24, 2.45) is 0 Å². The Morgan fingerprint density at radius 1 is 1.20 bits per heavy atom. The lowest BCUT2D eigenvalue weighted by Crippen LogP contribution is -2.29. The van der Waals surface area contributed by atoms with Gasteiger partial charge in [-0.05, 0) is 17.6 Å². The zero-order chi connectivity index (χ0) is 11.0. The molecule has 4 heteroatoms. The molecule has 0 atom stereocenters. The molecule has 0 unspecified atom stereocenters. The Bertz CT molecular complexity index is 468. The summed E-state index contributed by atoms with van der Waals surface area (Å²) in [7, 11) is -1.42. The number of rotatable bonds is 2. The number of furan rings is 1. The first-order valence-electron chi connectivity index (χ1n) is 4.97. The van der Waals surface area contributed by atoms with Crippen LogP contribution in [-0.2, 0) is 0 Å². The van der Waals surface area contributed by atoms with Crippen molar-refractivity contribution in [2.45, 2.75) is 19.8 Å². The van der Waals surface area contributed by atoms with Gasteiger partial charge in [0.15, 0.2) is 0 Å². The van der Waals surface area contributed by atoms with E-state index in [0.717, 1.165) is 16.7 Å². The van der Waals surface area contributed by atoms with Gasteiger partial charge in [0.05, 0.1) is 0 Å². The SMILES string of the molecule is CC(C)c1cc2cc(B(O)O)ccc2o1. The summed E-state index contributed by atoms with van der Waals surface area (Å²) < 4.78 is 5.60. The van der Waals surface area contributed by atoms with E-state index in [0.29, 0.717) is 11.4 Å². The molecule has 0 aliphatic carbocycles. The molecular formula is C11H13BO3. The summed E-state index contributed by atoms with van der Waals surface area (Å²) in [5, 5.41) is 19.0. The van der Waals surface area contributed by atoms with Crippen LogP contribution < -0.4 is 5.46 Å². The van der Waals surface area contributed by atoms with Crippen molar-refractivity contribution in [3.05, 3.63) is 30.0 Å². The van der Waals surface area contributed by atoms with Crippen LogP contribution in [0, 0.1) is 0 Å². The Hall–Kier alpha value is -1.26. The van der Waals surface area contributed by atoms with Crippen LogP contribution in [0.3, 0.4) is 0 Å². The lowest BCUT2D eigenvalue weighted by Gasteiger charge is -1.97. The van der Waals surface area contributed by atoms with E-state index in [-0.39, 0.29) is 0 Å². The van der Waals surface area contributed by atoms with Gasteiger partial charge in [-0.15, -0.1) is 0 Å². The molecule has 3 nitrogen and oxygen atoms in total. The van der Waals surface area contributed by atoms with Crippen molar-refractivity contribution in [1.29, 1.82) is 0 Å². The van der Waals surface area contributed by atoms with Crippen molar-refractivity contribution in [3.63, 3.8) is 0 Å². The van der Waals surface area contributed by atoms with E-state index in [1.807, 2.05) is 6.07 Å². The number of hydrogen-bond acceptors (Lipinski definition) is 3. The molecule has 0 amide bonds. The van der Waals surface area contributed by atoms with Crippen molar-refractivity contribution in [1.82, 2.24) is 0 Å². The van der Waals surface area contributed by atoms with E-state index in [1.165, 1.54) is 0 Å². The van der Waals surface area contributed by atoms with E-state index < -0.39 is 7.12 Å². The van der Waals surface area contributed by atoms with Crippen LogP contribution in [0.5, 0.6) is 0 Å². The summed E-state index contributed by atoms with van der Waals surface area (Å²) in [5.41, 5.74) is 1.27. The third-order valence-electron chi connectivity index (χ3n) is 2.43. The fourth-order valence-electron chi connectivity index (χ4n) is 1.53. The molecule has 0 saturated heterocycles. The third kappa shape index (κ3) is 1.91. The predicted octanol–water partition coefficient (Wildman–Crippen LogP) is 1.24. The maximum Gasteiger partial charge on any atom is 0.488 e. The van der Waals surface area contributed by atoms with Gasteiger partial charge in [-0.25, -0.2) is 0 Å². The standard InChI is InChI=1S/C11H13BO3/c1-7(2)11-6-8-5-9(12(13)14)3-4-10(8)15-11/h3-7,13-14H,1-2H3. The van der Waals surface area contributed by atoms with Crippen molar-refractivity contribution in [3.8, 4) is 0 Å². The Morgan fingerprint density at radius 3 is 2.53 bits per heavy atom. The molecule has 2 aromatic rings. The molecule has 1 heterocycles. The van der Waals surface area contributed by atoms with Crippen LogP contribution in [0.25, 0.3) is 11.0 Å². The van der Waals surface area contributed by atoms with Crippen LogP contribution in [0.2, 0.25) is 0 Å². The Morgan fingerprint density at radius 2 is 1.93 bits per heavy atom. The van der Waals surface area contributed by atoms with Gasteiger partial charge in [0.25, 0.3) is 0 Å². The highest BCUT2D eigenvalue weighted by atomic mass is 16.4. The molecule has 2 rings (SSSR count). The van der Waals surface area contributed by atoms with Crippen LogP contribution in [0.15, 0.2) is 28.7 Å². The fourth-order valence-corrected chi connectivity index (χ4v) is 1.53. The lowest BCUT2D eigenvalue weighted by molar-refractivity contribution is 0.426. The second-order valence-electron chi connectivity index (χ2n) is 3.97. The summed E-state index contributed by atoms with van der Waals surface area (Å²) in [6, 6.07) is 7.08. The zero-order valence-electron chi connectivity index (χ0n) is 8.77. The van der Waals surface area contributed by atoms with Crippen LogP contribution >= 0.6 is 0 Å². The first kappa shape index (κ1) is 10.3. The summed E-state index contributed by atoms with van der Waals surface area (Å²) in [5.74, 6) is 1.24. The van der Waals surface area contributed by atoms with Crippen LogP contribution in [-0.4, -0.2) is 17.2 Å². The molecule has 0 aliphatic heterocycles. The van der Waals surface area contributed by atoms with Gasteiger partial charge in [0.2, 0.25) is 0 Å². The van der Waals surface area contributed by atoms with Gasteiger partial charge in [0, 0.05) is 11.3 Å². The number of benzene rings is 1. The highest BCUT2D eigenvalue weighted by molar-refractivity contribution is 6.58. The fraction of sp³-hybridized carbons (Fsp3) is 0.273. The molecule has 0 radical (unpaired) electrons. The minimum atomic E-state index is -1.42. The lowest BCUT2D eigenvalue weighted by atomic mass is 9.80. The minimum Gasteiger partial charge on any atom is -0.461 e. The first-order chi connectivity index (χ1) is 7.08. The molecular weight excluding hydrogens is 191 g/mol. The van der Waals surface area contributed by atoms with Gasteiger partial charge in [-0.2, -0.15) is 0 Å². The highest BCUT2D eigenvalue weighted by Crippen LogP contribution is 2.23. The molecule has 0 bridgehead atoms. The van der Waals surface area contributed by atoms with Crippen molar-refractivity contribution in [2.75, 3.05) is 0 Å². The maximum atomic E-state index is 9.02. The summed E-state index contributed by atoms with van der Waals surface area (Å²) >= 11 is 0. The topological polar surface area (TPSA) is 53.6 Å². The summed E-state index contributed by atoms with van der Waals surface area (Å²) in [6.45, 7) is 4.11. The third-order valence-corrected chi connectivity index (χ3v) is 2.43. The molecule has 0 saturated carbocycles. The van der Waals surface area contributed by atoms with Crippen LogP contribution in [0.1, 0.15) is 25.5 Å². The molecule has 0 spiro atoms. The molecule has 78 valence electrons. The number of fused-ring (bicyclic) bond motifs is 1. The Kier molecular flexibility index (Phi) is 2.55. The zero-order valence-corrected chi connectivity index (χ0v) is 8.77. The number of hydrogen-bond donors (Lipinski definition) is 2. The van der Waals surface area contributed by atoms with E-state index in [9.17, 15) is 0 Å². The predicted molar refractivity (Wildman–Crippen MR) is 60.1 cm³/mol. The Labute approximate surface area is 88.5 Å². The van der Waals surface area contributed by atoms with E-state index in [2.05, 4.69) is 13.8 Å². The molecule has 1 aromatic carbocycles. The van der Waals surface area contributed by atoms with Gasteiger partial charge in [-0.3, -0.25) is 0 Å². The van der Waals surface area contributed by atoms with Crippen molar-refractivity contribution < 1.29 is 14.5 Å². The summed E-state index contributed by atoms with van der Waals surface area (Å²) in [4.78, 5) is 0. The minimum absolute atomic E-state index is 0.333. The average Bonchev–Trinajstić information content (AvgIpc) is 2.59. The second kappa shape index (κ2) is 3.72. The van der Waals surface area contributed by atoms with Gasteiger partial charge < -0.3 is 14.5 Å². The van der Waals surface area contributed by atoms with E-state index in [1.54, 1.807) is 18.2 Å². The molecule has 15 heavy (non-hydrogen) atoms. The monoisotopic (exact) mass is 204 g/mol. The van der Waals surface area contributed by atoms with Gasteiger partial charge in [0.1, 0.15) is 11.3 Å². The molecule has 0 fully saturated rings. The van der Waals surface area contributed by atoms with E-state index in [4.69, 9.17) is 14.5 Å². The normalized spacial score (nSPS) is 11.3. The maximum absolute atomic E-state index is 9.02. The molecule has 0 aliphatic rings. The van der Waals surface area contributed by atoms with Crippen molar-refractivity contribution >= 4 is 23.6 Å². The van der Waals surface area contributed by atoms with Gasteiger partial charge >= 0.3 is 7.12 Å². The van der Waals surface area contributed by atoms with Crippen LogP contribution in [0.4, 0.5) is 0 Å². The van der Waals surface area contributed by atoms with E-state index >= 15 is 0 Å². The first-order valence-corrected chi connectivity index (χ1v) is 4.97. The smallest absolute Gasteiger partial charge is 0.461 e. The molecule has 1 aromatic heterocycles. The largest absolute Gasteiger partial charge is 0.488 e. The Balaban J connectivity index is 2.52. The molecule has 2 N–H and O–H groups in total.